The van der Waals surface area contributed by atoms with Crippen LogP contribution in [0, 0.1) is 5.92 Å². The Morgan fingerprint density at radius 3 is 2.55 bits per heavy atom. The van der Waals surface area contributed by atoms with Crippen LogP contribution in [-0.4, -0.2) is 17.0 Å². The summed E-state index contributed by atoms with van der Waals surface area (Å²) in [7, 11) is 0. The molecule has 1 unspecified atom stereocenters. The number of hydrogen-bond acceptors (Lipinski definition) is 2. The van der Waals surface area contributed by atoms with E-state index >= 15 is 0 Å². The lowest BCUT2D eigenvalue weighted by molar-refractivity contribution is -0.142. The van der Waals surface area contributed by atoms with Crippen LogP contribution < -0.4 is 5.32 Å². The van der Waals surface area contributed by atoms with Crippen LogP contribution in [0.2, 0.25) is 0 Å². The maximum Gasteiger partial charge on any atom is 0.330 e. The number of amides is 1. The van der Waals surface area contributed by atoms with E-state index in [9.17, 15) is 14.7 Å². The third-order valence-electron chi connectivity index (χ3n) is 4.14. The molecule has 3 rings (SSSR count). The second-order valence-corrected chi connectivity index (χ2v) is 5.93. The molecule has 2 aromatic rings. The zero-order chi connectivity index (χ0) is 15.5. The fourth-order valence-electron chi connectivity index (χ4n) is 2.65. The van der Waals surface area contributed by atoms with E-state index < -0.39 is 12.0 Å². The molecule has 0 spiro atoms. The number of hydrogen-bond donors (Lipinski definition) is 2. The van der Waals surface area contributed by atoms with Gasteiger partial charge in [0, 0.05) is 6.42 Å². The average Bonchev–Trinajstić information content (AvgIpc) is 3.34. The van der Waals surface area contributed by atoms with E-state index in [-0.39, 0.29) is 5.91 Å². The summed E-state index contributed by atoms with van der Waals surface area (Å²) in [6.07, 6.45) is 3.65. The first-order chi connectivity index (χ1) is 10.6. The van der Waals surface area contributed by atoms with Gasteiger partial charge in [-0.1, -0.05) is 49.2 Å². The van der Waals surface area contributed by atoms with Crippen LogP contribution in [0.25, 0.3) is 10.8 Å². The van der Waals surface area contributed by atoms with E-state index in [2.05, 4.69) is 5.32 Å². The van der Waals surface area contributed by atoms with Crippen LogP contribution >= 0.6 is 0 Å². The van der Waals surface area contributed by atoms with Crippen molar-refractivity contribution in [3.8, 4) is 0 Å². The quantitative estimate of drug-likeness (QED) is 0.860. The van der Waals surface area contributed by atoms with Crippen LogP contribution in [-0.2, 0) is 9.59 Å². The summed E-state index contributed by atoms with van der Waals surface area (Å²) < 4.78 is 0. The summed E-state index contributed by atoms with van der Waals surface area (Å²) in [6.45, 7) is 0. The number of nitrogens with one attached hydrogen (secondary N) is 1. The second kappa shape index (κ2) is 6.18. The van der Waals surface area contributed by atoms with Gasteiger partial charge in [0.2, 0.25) is 5.91 Å². The largest absolute Gasteiger partial charge is 0.479 e. The Morgan fingerprint density at radius 1 is 1.14 bits per heavy atom. The van der Waals surface area contributed by atoms with Crippen LogP contribution in [0.1, 0.15) is 37.3 Å². The highest BCUT2D eigenvalue weighted by Gasteiger charge is 2.25. The number of aliphatic carboxylic acids is 1. The van der Waals surface area contributed by atoms with Gasteiger partial charge in [0.25, 0.3) is 0 Å². The molecule has 2 aromatic carbocycles. The molecular formula is C18H19NO3. The van der Waals surface area contributed by atoms with Crippen molar-refractivity contribution in [2.45, 2.75) is 31.7 Å². The van der Waals surface area contributed by atoms with E-state index in [0.29, 0.717) is 17.9 Å². The minimum absolute atomic E-state index is 0.188. The lowest BCUT2D eigenvalue weighted by Crippen LogP contribution is -2.33. The highest BCUT2D eigenvalue weighted by atomic mass is 16.4. The average molecular weight is 297 g/mol. The zero-order valence-electron chi connectivity index (χ0n) is 12.3. The molecule has 0 heterocycles. The Labute approximate surface area is 129 Å². The molecule has 4 heteroatoms. The summed E-state index contributed by atoms with van der Waals surface area (Å²) in [5.74, 6) is -0.558. The van der Waals surface area contributed by atoms with Gasteiger partial charge >= 0.3 is 5.97 Å². The smallest absolute Gasteiger partial charge is 0.330 e. The van der Waals surface area contributed by atoms with Crippen LogP contribution in [0.4, 0.5) is 0 Å². The Hall–Kier alpha value is -2.36. The standard InChI is InChI=1S/C18H19NO3/c20-16(10-7-12-5-6-12)19-17(18(21)22)15-9-8-13-3-1-2-4-14(13)11-15/h1-4,8-9,11-12,17H,5-7,10H2,(H,19,20)(H,21,22). The summed E-state index contributed by atoms with van der Waals surface area (Å²) in [5, 5.41) is 14.1. The number of carbonyl (C=O) groups excluding carboxylic acids is 1. The van der Waals surface area contributed by atoms with Gasteiger partial charge in [-0.2, -0.15) is 0 Å². The van der Waals surface area contributed by atoms with E-state index in [0.717, 1.165) is 17.2 Å². The van der Waals surface area contributed by atoms with Crippen molar-refractivity contribution in [3.05, 3.63) is 48.0 Å². The van der Waals surface area contributed by atoms with Gasteiger partial charge in [0.1, 0.15) is 0 Å². The number of carboxylic acids is 1. The first-order valence-corrected chi connectivity index (χ1v) is 7.64. The van der Waals surface area contributed by atoms with Crippen LogP contribution in [0.15, 0.2) is 42.5 Å². The molecule has 0 saturated heterocycles. The maximum absolute atomic E-state index is 12.0. The van der Waals surface area contributed by atoms with Crippen LogP contribution in [0.5, 0.6) is 0 Å². The lowest BCUT2D eigenvalue weighted by atomic mass is 10.0. The van der Waals surface area contributed by atoms with Crippen LogP contribution in [0.3, 0.4) is 0 Å². The molecule has 4 nitrogen and oxygen atoms in total. The van der Waals surface area contributed by atoms with E-state index in [1.165, 1.54) is 12.8 Å². The predicted octanol–water partition coefficient (Wildman–Crippen LogP) is 3.27. The van der Waals surface area contributed by atoms with Gasteiger partial charge < -0.3 is 10.4 Å². The molecule has 114 valence electrons. The molecule has 1 saturated carbocycles. The third kappa shape index (κ3) is 3.45. The van der Waals surface area contributed by atoms with Gasteiger partial charge in [0.05, 0.1) is 0 Å². The molecule has 0 radical (unpaired) electrons. The van der Waals surface area contributed by atoms with E-state index in [4.69, 9.17) is 0 Å². The summed E-state index contributed by atoms with van der Waals surface area (Å²) in [5.41, 5.74) is 0.603. The Bertz CT molecular complexity index is 706. The molecule has 22 heavy (non-hydrogen) atoms. The summed E-state index contributed by atoms with van der Waals surface area (Å²) in [6, 6.07) is 12.3. The molecule has 1 aliphatic carbocycles. The first-order valence-electron chi connectivity index (χ1n) is 7.64. The van der Waals surface area contributed by atoms with Crippen molar-refractivity contribution in [1.29, 1.82) is 0 Å². The van der Waals surface area contributed by atoms with Crippen molar-refractivity contribution < 1.29 is 14.7 Å². The van der Waals surface area contributed by atoms with Crippen molar-refractivity contribution in [2.75, 3.05) is 0 Å². The highest BCUT2D eigenvalue weighted by molar-refractivity contribution is 5.88. The zero-order valence-corrected chi connectivity index (χ0v) is 12.3. The molecule has 0 aliphatic heterocycles. The van der Waals surface area contributed by atoms with E-state index in [1.54, 1.807) is 6.07 Å². The molecule has 1 atom stereocenters. The summed E-state index contributed by atoms with van der Waals surface area (Å²) >= 11 is 0. The molecular weight excluding hydrogens is 278 g/mol. The predicted molar refractivity (Wildman–Crippen MR) is 84.4 cm³/mol. The molecule has 0 aromatic heterocycles. The highest BCUT2D eigenvalue weighted by Crippen LogP contribution is 2.33. The van der Waals surface area contributed by atoms with Crippen molar-refractivity contribution in [3.63, 3.8) is 0 Å². The molecule has 1 fully saturated rings. The van der Waals surface area contributed by atoms with Crippen molar-refractivity contribution in [2.24, 2.45) is 5.92 Å². The number of fused-ring (bicyclic) bond motifs is 1. The Morgan fingerprint density at radius 2 is 1.86 bits per heavy atom. The SMILES string of the molecule is O=C(CCC1CC1)NC(C(=O)O)c1ccc2ccccc2c1. The minimum Gasteiger partial charge on any atom is -0.479 e. The fraction of sp³-hybridized carbons (Fsp3) is 0.333. The first kappa shape index (κ1) is 14.6. The van der Waals surface area contributed by atoms with Gasteiger partial charge in [-0.15, -0.1) is 0 Å². The molecule has 1 amide bonds. The molecule has 2 N–H and O–H groups in total. The minimum atomic E-state index is -1.03. The van der Waals surface area contributed by atoms with Crippen molar-refractivity contribution in [1.82, 2.24) is 5.32 Å². The maximum atomic E-state index is 12.0. The lowest BCUT2D eigenvalue weighted by Gasteiger charge is -2.15. The molecule has 1 aliphatic rings. The van der Waals surface area contributed by atoms with Gasteiger partial charge in [0.15, 0.2) is 6.04 Å². The fourth-order valence-corrected chi connectivity index (χ4v) is 2.65. The Balaban J connectivity index is 1.76. The topological polar surface area (TPSA) is 66.4 Å². The number of carboxylic acid groups (broad SMARTS) is 1. The van der Waals surface area contributed by atoms with Crippen molar-refractivity contribution >= 4 is 22.6 Å². The number of rotatable bonds is 6. The third-order valence-corrected chi connectivity index (χ3v) is 4.14. The number of benzene rings is 2. The monoisotopic (exact) mass is 297 g/mol. The second-order valence-electron chi connectivity index (χ2n) is 5.93. The molecule has 0 bridgehead atoms. The number of carbonyl (C=O) groups is 2. The normalized spacial score (nSPS) is 15.5. The van der Waals surface area contributed by atoms with Gasteiger partial charge in [-0.05, 0) is 34.7 Å². The van der Waals surface area contributed by atoms with Gasteiger partial charge in [-0.3, -0.25) is 4.79 Å². The van der Waals surface area contributed by atoms with E-state index in [1.807, 2.05) is 36.4 Å². The van der Waals surface area contributed by atoms with Gasteiger partial charge in [-0.25, -0.2) is 4.79 Å². The Kier molecular flexibility index (Phi) is 4.09. The summed E-state index contributed by atoms with van der Waals surface area (Å²) in [4.78, 5) is 23.5.